The van der Waals surface area contributed by atoms with Gasteiger partial charge in [-0.1, -0.05) is 30.3 Å². The smallest absolute Gasteiger partial charge is 0.261 e. The summed E-state index contributed by atoms with van der Waals surface area (Å²) in [7, 11) is 1.66. The second-order valence-corrected chi connectivity index (χ2v) is 10.2. The topological polar surface area (TPSA) is 60.0 Å². The Hall–Kier alpha value is -2.99. The summed E-state index contributed by atoms with van der Waals surface area (Å²) in [6, 6.07) is 16.5. The maximum Gasteiger partial charge on any atom is 0.261 e. The number of hydrogen-bond acceptors (Lipinski definition) is 5. The van der Waals surface area contributed by atoms with E-state index in [-0.39, 0.29) is 12.0 Å². The van der Waals surface area contributed by atoms with E-state index in [0.717, 1.165) is 68.0 Å². The summed E-state index contributed by atoms with van der Waals surface area (Å²) >= 11 is 0. The standard InChI is InChI=1S/C29H36N2O4/c1-29(28(32)31-16-14-22(15-17-31)18-21-8-4-3-5-9-21)20-25(30-35-29)23-12-13-26(33-2)27(19-23)34-24-10-6-7-11-24/h3-5,8-9,12-13,19-20,22,24,30H,6-7,10-11,14-18H2,1-2H3. The third-order valence-electron chi connectivity index (χ3n) is 7.56. The van der Waals surface area contributed by atoms with Gasteiger partial charge in [0.15, 0.2) is 17.1 Å². The maximum atomic E-state index is 13.4. The molecule has 0 bridgehead atoms. The number of benzene rings is 2. The van der Waals surface area contributed by atoms with E-state index >= 15 is 0 Å². The fourth-order valence-corrected chi connectivity index (χ4v) is 5.47. The number of amides is 1. The molecule has 1 amide bonds. The van der Waals surface area contributed by atoms with Crippen molar-refractivity contribution in [3.8, 4) is 11.5 Å². The number of nitrogens with zero attached hydrogens (tertiary/aromatic N) is 1. The molecule has 1 atom stereocenters. The van der Waals surface area contributed by atoms with Gasteiger partial charge in [0.2, 0.25) is 0 Å². The Bertz CT molecular complexity index is 1060. The SMILES string of the molecule is COc1ccc(C2=CC(C)(C(=O)N3CCC(Cc4ccccc4)CC3)ON2)cc1OC1CCCC1. The van der Waals surface area contributed by atoms with Gasteiger partial charge in [0, 0.05) is 18.7 Å². The van der Waals surface area contributed by atoms with Crippen molar-refractivity contribution in [2.45, 2.75) is 63.6 Å². The van der Waals surface area contributed by atoms with Crippen molar-refractivity contribution in [1.82, 2.24) is 10.4 Å². The largest absolute Gasteiger partial charge is 0.493 e. The number of hydrogen-bond donors (Lipinski definition) is 1. The number of ether oxygens (including phenoxy) is 2. The molecule has 2 heterocycles. The first-order chi connectivity index (χ1) is 17.0. The van der Waals surface area contributed by atoms with Crippen molar-refractivity contribution >= 4 is 11.6 Å². The molecule has 2 aliphatic heterocycles. The predicted octanol–water partition coefficient (Wildman–Crippen LogP) is 5.13. The molecule has 186 valence electrons. The maximum absolute atomic E-state index is 13.4. The van der Waals surface area contributed by atoms with Gasteiger partial charge in [0.1, 0.15) is 0 Å². The van der Waals surface area contributed by atoms with Crippen molar-refractivity contribution in [3.05, 3.63) is 65.7 Å². The zero-order valence-electron chi connectivity index (χ0n) is 20.8. The van der Waals surface area contributed by atoms with Crippen LogP contribution in [0.4, 0.5) is 0 Å². The van der Waals surface area contributed by atoms with Crippen LogP contribution in [-0.4, -0.2) is 42.7 Å². The van der Waals surface area contributed by atoms with E-state index < -0.39 is 5.60 Å². The lowest BCUT2D eigenvalue weighted by atomic mass is 9.89. The van der Waals surface area contributed by atoms with Gasteiger partial charge in [-0.05, 0) is 87.6 Å². The summed E-state index contributed by atoms with van der Waals surface area (Å²) in [6.45, 7) is 3.37. The number of carbonyl (C=O) groups excluding carboxylic acids is 1. The number of nitrogens with one attached hydrogen (secondary N) is 1. The molecular formula is C29H36N2O4. The number of piperidine rings is 1. The zero-order chi connectivity index (χ0) is 24.3. The van der Waals surface area contributed by atoms with Crippen molar-refractivity contribution in [1.29, 1.82) is 0 Å². The Kier molecular flexibility index (Phi) is 7.00. The van der Waals surface area contributed by atoms with Crippen LogP contribution in [0.15, 0.2) is 54.6 Å². The normalized spacial score (nSPS) is 23.1. The highest BCUT2D eigenvalue weighted by Crippen LogP contribution is 2.36. The molecule has 0 spiro atoms. The zero-order valence-corrected chi connectivity index (χ0v) is 20.8. The van der Waals surface area contributed by atoms with Crippen LogP contribution < -0.4 is 15.0 Å². The number of likely N-dealkylation sites (tertiary alicyclic amines) is 1. The second kappa shape index (κ2) is 10.3. The van der Waals surface area contributed by atoms with Crippen LogP contribution >= 0.6 is 0 Å². The van der Waals surface area contributed by atoms with Gasteiger partial charge in [-0.25, -0.2) is 0 Å². The lowest BCUT2D eigenvalue weighted by Gasteiger charge is -2.35. The van der Waals surface area contributed by atoms with E-state index in [2.05, 4.69) is 35.8 Å². The quantitative estimate of drug-likeness (QED) is 0.600. The van der Waals surface area contributed by atoms with Crippen molar-refractivity contribution in [2.75, 3.05) is 20.2 Å². The molecule has 1 saturated carbocycles. The van der Waals surface area contributed by atoms with Crippen molar-refractivity contribution < 1.29 is 19.1 Å². The van der Waals surface area contributed by atoms with Crippen molar-refractivity contribution in [2.24, 2.45) is 5.92 Å². The van der Waals surface area contributed by atoms with E-state index in [4.69, 9.17) is 14.3 Å². The lowest BCUT2D eigenvalue weighted by molar-refractivity contribution is -0.154. The summed E-state index contributed by atoms with van der Waals surface area (Å²) < 4.78 is 11.8. The number of hydroxylamine groups is 1. The van der Waals surface area contributed by atoms with Gasteiger partial charge < -0.3 is 14.4 Å². The van der Waals surface area contributed by atoms with Crippen molar-refractivity contribution in [3.63, 3.8) is 0 Å². The molecule has 1 aliphatic carbocycles. The molecule has 6 nitrogen and oxygen atoms in total. The number of methoxy groups -OCH3 is 1. The molecule has 1 N–H and O–H groups in total. The Morgan fingerprint density at radius 1 is 1.06 bits per heavy atom. The third kappa shape index (κ3) is 5.32. The van der Waals surface area contributed by atoms with Gasteiger partial charge in [-0.3, -0.25) is 15.1 Å². The second-order valence-electron chi connectivity index (χ2n) is 10.2. The monoisotopic (exact) mass is 476 g/mol. The molecule has 6 heteroatoms. The highest BCUT2D eigenvalue weighted by molar-refractivity contribution is 5.90. The van der Waals surface area contributed by atoms with E-state index in [1.807, 2.05) is 36.1 Å². The minimum Gasteiger partial charge on any atom is -0.493 e. The average molecular weight is 477 g/mol. The van der Waals surface area contributed by atoms with E-state index in [1.54, 1.807) is 7.11 Å². The fraction of sp³-hybridized carbons (Fsp3) is 0.483. The highest BCUT2D eigenvalue weighted by Gasteiger charge is 2.42. The van der Waals surface area contributed by atoms with E-state index in [1.165, 1.54) is 18.4 Å². The van der Waals surface area contributed by atoms with Crippen LogP contribution in [0.1, 0.15) is 56.6 Å². The molecule has 2 fully saturated rings. The van der Waals surface area contributed by atoms with Gasteiger partial charge in [0.25, 0.3) is 5.91 Å². The average Bonchev–Trinajstić information content (AvgIpc) is 3.55. The molecule has 5 rings (SSSR count). The third-order valence-corrected chi connectivity index (χ3v) is 7.56. The molecule has 3 aliphatic rings. The fourth-order valence-electron chi connectivity index (χ4n) is 5.47. The molecule has 1 saturated heterocycles. The first-order valence-corrected chi connectivity index (χ1v) is 12.9. The molecule has 2 aromatic carbocycles. The van der Waals surface area contributed by atoms with Crippen LogP contribution in [0.3, 0.4) is 0 Å². The van der Waals surface area contributed by atoms with Gasteiger partial charge in [-0.2, -0.15) is 0 Å². The first-order valence-electron chi connectivity index (χ1n) is 12.9. The predicted molar refractivity (Wildman–Crippen MR) is 136 cm³/mol. The Morgan fingerprint density at radius 2 is 1.80 bits per heavy atom. The van der Waals surface area contributed by atoms with Crippen LogP contribution in [-0.2, 0) is 16.1 Å². The number of rotatable bonds is 7. The Labute approximate surface area is 208 Å². The molecular weight excluding hydrogens is 440 g/mol. The minimum absolute atomic E-state index is 0.00843. The van der Waals surface area contributed by atoms with Gasteiger partial charge in [-0.15, -0.1) is 0 Å². The first kappa shape index (κ1) is 23.7. The Morgan fingerprint density at radius 3 is 2.51 bits per heavy atom. The minimum atomic E-state index is -1.03. The van der Waals surface area contributed by atoms with Crippen LogP contribution in [0.5, 0.6) is 11.5 Å². The van der Waals surface area contributed by atoms with Crippen LogP contribution in [0, 0.1) is 5.92 Å². The van der Waals surface area contributed by atoms with E-state index in [9.17, 15) is 4.79 Å². The molecule has 35 heavy (non-hydrogen) atoms. The number of carbonyl (C=O) groups is 1. The van der Waals surface area contributed by atoms with E-state index in [0.29, 0.717) is 5.92 Å². The summed E-state index contributed by atoms with van der Waals surface area (Å²) in [5.74, 6) is 2.08. The lowest BCUT2D eigenvalue weighted by Crippen LogP contribution is -2.50. The molecule has 1 unspecified atom stereocenters. The van der Waals surface area contributed by atoms with Crippen LogP contribution in [0.25, 0.3) is 5.70 Å². The molecule has 2 aromatic rings. The summed E-state index contributed by atoms with van der Waals surface area (Å²) in [5, 5.41) is 0. The summed E-state index contributed by atoms with van der Waals surface area (Å²) in [6.07, 6.45) is 9.80. The summed E-state index contributed by atoms with van der Waals surface area (Å²) in [5.41, 5.74) is 5.03. The van der Waals surface area contributed by atoms with Gasteiger partial charge >= 0.3 is 0 Å². The summed E-state index contributed by atoms with van der Waals surface area (Å²) in [4.78, 5) is 21.3. The Balaban J connectivity index is 1.24. The van der Waals surface area contributed by atoms with Crippen LogP contribution in [0.2, 0.25) is 0 Å². The molecule has 0 radical (unpaired) electrons. The van der Waals surface area contributed by atoms with Gasteiger partial charge in [0.05, 0.1) is 18.9 Å². The highest BCUT2D eigenvalue weighted by atomic mass is 16.7. The molecule has 0 aromatic heterocycles.